The maximum Gasteiger partial charge on any atom is 0.530 e. The summed E-state index contributed by atoms with van der Waals surface area (Å²) in [5.74, 6) is 0.0520. The third-order valence-electron chi connectivity index (χ3n) is 4.96. The van der Waals surface area contributed by atoms with Gasteiger partial charge in [-0.05, 0) is 12.1 Å². The van der Waals surface area contributed by atoms with E-state index in [2.05, 4.69) is 4.98 Å². The molecule has 0 amide bonds. The molecule has 5 unspecified atom stereocenters. The first-order chi connectivity index (χ1) is 14.7. The second-order valence-electron chi connectivity index (χ2n) is 6.93. The van der Waals surface area contributed by atoms with E-state index < -0.39 is 50.6 Å². The minimum absolute atomic E-state index is 0.136. The van der Waals surface area contributed by atoms with E-state index in [1.807, 2.05) is 0 Å². The van der Waals surface area contributed by atoms with Crippen LogP contribution in [0, 0.1) is 0 Å². The Kier molecular flexibility index (Phi) is 5.58. The normalized spacial score (nSPS) is 32.6. The predicted molar refractivity (Wildman–Crippen MR) is 99.2 cm³/mol. The highest BCUT2D eigenvalue weighted by Gasteiger charge is 2.61. The lowest BCUT2D eigenvalue weighted by atomic mass is 9.96. The number of phosphoric acid groups is 1. The Morgan fingerprint density at radius 3 is 2.81 bits per heavy atom. The zero-order valence-corrected chi connectivity index (χ0v) is 16.6. The number of halogens is 2. The van der Waals surface area contributed by atoms with Crippen LogP contribution >= 0.6 is 7.82 Å². The van der Waals surface area contributed by atoms with Crippen molar-refractivity contribution in [1.82, 2.24) is 9.55 Å². The summed E-state index contributed by atoms with van der Waals surface area (Å²) in [7, 11) is -4.34. The highest BCUT2D eigenvalue weighted by Crippen LogP contribution is 2.56. The quantitative estimate of drug-likeness (QED) is 0.545. The van der Waals surface area contributed by atoms with Crippen LogP contribution in [0.1, 0.15) is 11.8 Å². The van der Waals surface area contributed by atoms with Gasteiger partial charge in [0.05, 0.1) is 13.2 Å². The summed E-state index contributed by atoms with van der Waals surface area (Å²) in [6.45, 7) is -1.33. The van der Waals surface area contributed by atoms with Gasteiger partial charge >= 0.3 is 13.5 Å². The number of nitrogens with two attached hydrogens (primary N) is 1. The van der Waals surface area contributed by atoms with E-state index >= 15 is 0 Å². The first-order valence-electron chi connectivity index (χ1n) is 8.98. The molecule has 1 saturated heterocycles. The molecule has 0 saturated carbocycles. The molecule has 168 valence electrons. The maximum absolute atomic E-state index is 14.0. The second kappa shape index (κ2) is 7.93. The number of nitrogen functional groups attached to an aromatic ring is 1. The van der Waals surface area contributed by atoms with E-state index in [1.165, 1.54) is 12.1 Å². The van der Waals surface area contributed by atoms with Gasteiger partial charge in [0.1, 0.15) is 23.8 Å². The summed E-state index contributed by atoms with van der Waals surface area (Å²) < 4.78 is 62.0. The molecule has 0 aliphatic carbocycles. The van der Waals surface area contributed by atoms with E-state index in [1.54, 1.807) is 18.2 Å². The molecule has 3 heterocycles. The molecule has 1 aromatic heterocycles. The van der Waals surface area contributed by atoms with Gasteiger partial charge in [0, 0.05) is 11.8 Å². The SMILES string of the molecule is Nc1ccn(C2OC(COP3(=O)OCc4ccccc4O3)(C(F)F)C(O)C2O)c(=O)n1. The number of fused-ring (bicyclic) bond motifs is 1. The molecule has 2 aliphatic heterocycles. The van der Waals surface area contributed by atoms with Crippen molar-refractivity contribution in [3.8, 4) is 5.75 Å². The fourth-order valence-corrected chi connectivity index (χ4v) is 4.52. The van der Waals surface area contributed by atoms with Crippen LogP contribution in [0.5, 0.6) is 5.75 Å². The lowest BCUT2D eigenvalue weighted by Crippen LogP contribution is -2.52. The summed E-state index contributed by atoms with van der Waals surface area (Å²) in [4.78, 5) is 15.5. The molecule has 1 fully saturated rings. The number of benzene rings is 1. The van der Waals surface area contributed by atoms with Crippen LogP contribution in [0.25, 0.3) is 0 Å². The molecule has 0 radical (unpaired) electrons. The number of nitrogens with zero attached hydrogens (tertiary/aromatic N) is 2. The molecule has 14 heteroatoms. The van der Waals surface area contributed by atoms with Gasteiger partial charge in [-0.2, -0.15) is 4.98 Å². The van der Waals surface area contributed by atoms with Crippen molar-refractivity contribution in [1.29, 1.82) is 0 Å². The number of ether oxygens (including phenoxy) is 1. The topological polar surface area (TPSA) is 155 Å². The van der Waals surface area contributed by atoms with Crippen LogP contribution in [-0.2, 0) is 25.0 Å². The zero-order valence-electron chi connectivity index (χ0n) is 15.7. The van der Waals surface area contributed by atoms with Crippen molar-refractivity contribution >= 4 is 13.6 Å². The van der Waals surface area contributed by atoms with Crippen molar-refractivity contribution in [2.75, 3.05) is 12.3 Å². The van der Waals surface area contributed by atoms with Gasteiger partial charge in [-0.1, -0.05) is 18.2 Å². The van der Waals surface area contributed by atoms with E-state index in [4.69, 9.17) is 24.0 Å². The molecule has 2 aliphatic rings. The summed E-state index contributed by atoms with van der Waals surface area (Å²) in [5.41, 5.74) is 2.13. The lowest BCUT2D eigenvalue weighted by Gasteiger charge is -2.32. The number of aromatic nitrogens is 2. The zero-order chi connectivity index (χ0) is 22.4. The fraction of sp³-hybridized carbons (Fsp3) is 0.412. The molecule has 0 bridgehead atoms. The van der Waals surface area contributed by atoms with Gasteiger partial charge in [0.2, 0.25) is 0 Å². The molecule has 1 aromatic carbocycles. The van der Waals surface area contributed by atoms with Crippen molar-refractivity contribution in [2.24, 2.45) is 0 Å². The van der Waals surface area contributed by atoms with Crippen LogP contribution in [0.15, 0.2) is 41.3 Å². The van der Waals surface area contributed by atoms with Gasteiger partial charge in [-0.25, -0.2) is 18.1 Å². The van der Waals surface area contributed by atoms with E-state index in [0.29, 0.717) is 10.1 Å². The number of para-hydroxylation sites is 1. The highest BCUT2D eigenvalue weighted by atomic mass is 31.2. The van der Waals surface area contributed by atoms with E-state index in [-0.39, 0.29) is 18.2 Å². The fourth-order valence-electron chi connectivity index (χ4n) is 3.26. The predicted octanol–water partition coefficient (Wildman–Crippen LogP) is 0.814. The maximum atomic E-state index is 14.0. The molecule has 4 N–H and O–H groups in total. The number of rotatable bonds is 5. The molecule has 31 heavy (non-hydrogen) atoms. The van der Waals surface area contributed by atoms with Crippen LogP contribution < -0.4 is 15.9 Å². The van der Waals surface area contributed by atoms with Gasteiger partial charge in [-0.15, -0.1) is 0 Å². The smallest absolute Gasteiger partial charge is 0.404 e. The van der Waals surface area contributed by atoms with Gasteiger partial charge in [0.25, 0.3) is 6.43 Å². The number of alkyl halides is 2. The molecule has 11 nitrogen and oxygen atoms in total. The number of hydrogen-bond acceptors (Lipinski definition) is 10. The largest absolute Gasteiger partial charge is 0.530 e. The molecular weight excluding hydrogens is 443 g/mol. The summed E-state index contributed by atoms with van der Waals surface area (Å²) in [6.07, 6.45) is -8.26. The van der Waals surface area contributed by atoms with E-state index in [0.717, 1.165) is 6.20 Å². The van der Waals surface area contributed by atoms with Gasteiger partial charge in [-0.3, -0.25) is 13.6 Å². The van der Waals surface area contributed by atoms with Gasteiger partial charge < -0.3 is 25.2 Å². The van der Waals surface area contributed by atoms with Crippen molar-refractivity contribution in [3.05, 3.63) is 52.6 Å². The average Bonchev–Trinajstić information content (AvgIpc) is 2.98. The number of aliphatic hydroxyl groups is 2. The molecule has 0 spiro atoms. The number of aliphatic hydroxyl groups excluding tert-OH is 2. The first kappa shape index (κ1) is 21.8. The van der Waals surface area contributed by atoms with Crippen LogP contribution in [-0.4, -0.2) is 50.6 Å². The second-order valence-corrected chi connectivity index (χ2v) is 8.53. The molecule has 4 rings (SSSR count). The molecular formula is C17H18F2N3O8P. The monoisotopic (exact) mass is 461 g/mol. The summed E-state index contributed by atoms with van der Waals surface area (Å²) >= 11 is 0. The summed E-state index contributed by atoms with van der Waals surface area (Å²) in [6, 6.07) is 7.65. The van der Waals surface area contributed by atoms with Crippen molar-refractivity contribution in [2.45, 2.75) is 37.1 Å². The van der Waals surface area contributed by atoms with Crippen LogP contribution in [0.3, 0.4) is 0 Å². The number of phosphoric ester groups is 1. The summed E-state index contributed by atoms with van der Waals surface area (Å²) in [5, 5.41) is 20.7. The van der Waals surface area contributed by atoms with Crippen LogP contribution in [0.2, 0.25) is 0 Å². The Morgan fingerprint density at radius 2 is 2.10 bits per heavy atom. The number of anilines is 1. The molecule has 2 aromatic rings. The standard InChI is InChI=1S/C17H18F2N3O8P/c18-15(19)17(8-28-31(26)27-7-9-3-1-2-4-10(9)30-31)13(24)12(23)14(29-17)22-6-5-11(20)21-16(22)25/h1-6,12-15,23-24H,7-8H2,(H2,20,21,25). The number of hydrogen-bond donors (Lipinski definition) is 3. The third-order valence-corrected chi connectivity index (χ3v) is 6.27. The van der Waals surface area contributed by atoms with Crippen molar-refractivity contribution < 1.29 is 41.9 Å². The first-order valence-corrected chi connectivity index (χ1v) is 10.4. The Balaban J connectivity index is 1.58. The Labute approximate surface area is 173 Å². The Bertz CT molecular complexity index is 1090. The Morgan fingerprint density at radius 1 is 1.35 bits per heavy atom. The van der Waals surface area contributed by atoms with Gasteiger partial charge in [0.15, 0.2) is 11.8 Å². The average molecular weight is 461 g/mol. The molecule has 5 atom stereocenters. The Hall–Kier alpha value is -2.41. The van der Waals surface area contributed by atoms with Crippen molar-refractivity contribution in [3.63, 3.8) is 0 Å². The minimum Gasteiger partial charge on any atom is -0.404 e. The lowest BCUT2D eigenvalue weighted by molar-refractivity contribution is -0.194. The third kappa shape index (κ3) is 3.84. The van der Waals surface area contributed by atoms with E-state index in [9.17, 15) is 28.4 Å². The van der Waals surface area contributed by atoms with Crippen LogP contribution in [0.4, 0.5) is 14.6 Å². The minimum atomic E-state index is -4.34. The highest BCUT2D eigenvalue weighted by molar-refractivity contribution is 7.49.